The minimum absolute atomic E-state index is 0.149. The average Bonchev–Trinajstić information content (AvgIpc) is 2.40. The second kappa shape index (κ2) is 5.65. The SMILES string of the molecule is COc1cc(N)ccc1NC(=O)c1c(C)cccc1C. The minimum atomic E-state index is -0.149. The lowest BCUT2D eigenvalue weighted by atomic mass is 10.0. The van der Waals surface area contributed by atoms with E-state index in [0.29, 0.717) is 22.7 Å². The van der Waals surface area contributed by atoms with Gasteiger partial charge in [-0.3, -0.25) is 4.79 Å². The Morgan fingerprint density at radius 3 is 2.40 bits per heavy atom. The molecule has 0 fully saturated rings. The number of nitrogens with one attached hydrogen (secondary N) is 1. The second-order valence-electron chi connectivity index (χ2n) is 4.68. The van der Waals surface area contributed by atoms with Crippen molar-refractivity contribution < 1.29 is 9.53 Å². The van der Waals surface area contributed by atoms with Crippen LogP contribution in [0.3, 0.4) is 0 Å². The molecule has 0 atom stereocenters. The lowest BCUT2D eigenvalue weighted by molar-refractivity contribution is 0.102. The third-order valence-electron chi connectivity index (χ3n) is 3.18. The van der Waals surface area contributed by atoms with E-state index in [9.17, 15) is 4.79 Å². The van der Waals surface area contributed by atoms with E-state index in [2.05, 4.69) is 5.32 Å². The van der Waals surface area contributed by atoms with E-state index in [-0.39, 0.29) is 5.91 Å². The number of rotatable bonds is 3. The van der Waals surface area contributed by atoms with Gasteiger partial charge in [0.2, 0.25) is 0 Å². The number of carbonyl (C=O) groups is 1. The van der Waals surface area contributed by atoms with Crippen molar-refractivity contribution in [3.8, 4) is 5.75 Å². The fourth-order valence-electron chi connectivity index (χ4n) is 2.17. The molecule has 2 aromatic rings. The number of hydrogen-bond acceptors (Lipinski definition) is 3. The largest absolute Gasteiger partial charge is 0.494 e. The molecule has 20 heavy (non-hydrogen) atoms. The van der Waals surface area contributed by atoms with Crippen LogP contribution in [0.4, 0.5) is 11.4 Å². The first-order valence-corrected chi connectivity index (χ1v) is 6.34. The Morgan fingerprint density at radius 1 is 1.15 bits per heavy atom. The molecule has 4 heteroatoms. The van der Waals surface area contributed by atoms with Crippen molar-refractivity contribution >= 4 is 17.3 Å². The number of hydrogen-bond donors (Lipinski definition) is 2. The van der Waals surface area contributed by atoms with Crippen molar-refractivity contribution in [2.75, 3.05) is 18.2 Å². The van der Waals surface area contributed by atoms with E-state index in [1.165, 1.54) is 0 Å². The Hall–Kier alpha value is -2.49. The third-order valence-corrected chi connectivity index (χ3v) is 3.18. The average molecular weight is 270 g/mol. The molecule has 0 heterocycles. The van der Waals surface area contributed by atoms with Gasteiger partial charge >= 0.3 is 0 Å². The fourth-order valence-corrected chi connectivity index (χ4v) is 2.17. The van der Waals surface area contributed by atoms with Crippen molar-refractivity contribution in [1.82, 2.24) is 0 Å². The molecular formula is C16H18N2O2. The molecule has 0 aliphatic rings. The summed E-state index contributed by atoms with van der Waals surface area (Å²) in [6, 6.07) is 10.9. The Morgan fingerprint density at radius 2 is 1.80 bits per heavy atom. The second-order valence-corrected chi connectivity index (χ2v) is 4.68. The summed E-state index contributed by atoms with van der Waals surface area (Å²) in [5.74, 6) is 0.397. The summed E-state index contributed by atoms with van der Waals surface area (Å²) in [5.41, 5.74) is 9.47. The molecule has 4 nitrogen and oxygen atoms in total. The number of nitrogens with two attached hydrogens (primary N) is 1. The minimum Gasteiger partial charge on any atom is -0.494 e. The number of nitrogen functional groups attached to an aromatic ring is 1. The zero-order valence-electron chi connectivity index (χ0n) is 11.9. The van der Waals surface area contributed by atoms with Crippen molar-refractivity contribution in [2.24, 2.45) is 0 Å². The van der Waals surface area contributed by atoms with Crippen LogP contribution in [0.5, 0.6) is 5.75 Å². The van der Waals surface area contributed by atoms with Crippen molar-refractivity contribution in [2.45, 2.75) is 13.8 Å². The summed E-state index contributed by atoms with van der Waals surface area (Å²) >= 11 is 0. The molecule has 0 radical (unpaired) electrons. The van der Waals surface area contributed by atoms with Crippen molar-refractivity contribution in [3.05, 3.63) is 53.1 Å². The van der Waals surface area contributed by atoms with Gasteiger partial charge in [-0.25, -0.2) is 0 Å². The highest BCUT2D eigenvalue weighted by molar-refractivity contribution is 6.07. The van der Waals surface area contributed by atoms with Gasteiger partial charge in [0.15, 0.2) is 0 Å². The smallest absolute Gasteiger partial charge is 0.256 e. The molecule has 0 bridgehead atoms. The summed E-state index contributed by atoms with van der Waals surface area (Å²) in [4.78, 5) is 12.4. The van der Waals surface area contributed by atoms with Crippen LogP contribution in [-0.4, -0.2) is 13.0 Å². The Kier molecular flexibility index (Phi) is 3.94. The first kappa shape index (κ1) is 13.9. The first-order chi connectivity index (χ1) is 9.52. The standard InChI is InChI=1S/C16H18N2O2/c1-10-5-4-6-11(2)15(10)16(19)18-13-8-7-12(17)9-14(13)20-3/h4-9H,17H2,1-3H3,(H,18,19). The van der Waals surface area contributed by atoms with E-state index in [1.54, 1.807) is 25.3 Å². The van der Waals surface area contributed by atoms with Crippen LogP contribution in [0.15, 0.2) is 36.4 Å². The molecule has 0 spiro atoms. The van der Waals surface area contributed by atoms with E-state index in [4.69, 9.17) is 10.5 Å². The normalized spacial score (nSPS) is 10.2. The van der Waals surface area contributed by atoms with Crippen LogP contribution in [0, 0.1) is 13.8 Å². The number of methoxy groups -OCH3 is 1. The van der Waals surface area contributed by atoms with Crippen molar-refractivity contribution in [1.29, 1.82) is 0 Å². The molecule has 3 N–H and O–H groups in total. The van der Waals surface area contributed by atoms with Crippen LogP contribution in [0.2, 0.25) is 0 Å². The van der Waals surface area contributed by atoms with Gasteiger partial charge in [0.25, 0.3) is 5.91 Å². The Balaban J connectivity index is 2.33. The lowest BCUT2D eigenvalue weighted by Crippen LogP contribution is -2.15. The summed E-state index contributed by atoms with van der Waals surface area (Å²) in [7, 11) is 1.55. The predicted molar refractivity (Wildman–Crippen MR) is 81.3 cm³/mol. The van der Waals surface area contributed by atoms with Gasteiger partial charge in [0.05, 0.1) is 12.8 Å². The van der Waals surface area contributed by atoms with E-state index in [1.807, 2.05) is 32.0 Å². The van der Waals surface area contributed by atoms with Crippen LogP contribution < -0.4 is 15.8 Å². The fraction of sp³-hybridized carbons (Fsp3) is 0.188. The third kappa shape index (κ3) is 2.74. The molecule has 2 aromatic carbocycles. The number of benzene rings is 2. The number of amides is 1. The zero-order chi connectivity index (χ0) is 14.7. The molecular weight excluding hydrogens is 252 g/mol. The topological polar surface area (TPSA) is 64.3 Å². The summed E-state index contributed by atoms with van der Waals surface area (Å²) in [5, 5.41) is 2.87. The molecule has 0 aromatic heterocycles. The van der Waals surface area contributed by atoms with Crippen molar-refractivity contribution in [3.63, 3.8) is 0 Å². The van der Waals surface area contributed by atoms with E-state index >= 15 is 0 Å². The van der Waals surface area contributed by atoms with Gasteiger partial charge in [-0.15, -0.1) is 0 Å². The highest BCUT2D eigenvalue weighted by Gasteiger charge is 2.14. The molecule has 2 rings (SSSR count). The van der Waals surface area contributed by atoms with Gasteiger partial charge in [0.1, 0.15) is 5.75 Å². The summed E-state index contributed by atoms with van der Waals surface area (Å²) in [6.07, 6.45) is 0. The molecule has 0 saturated carbocycles. The molecule has 0 aliphatic carbocycles. The molecule has 0 saturated heterocycles. The maximum atomic E-state index is 12.4. The van der Waals surface area contributed by atoms with Gasteiger partial charge in [0, 0.05) is 17.3 Å². The highest BCUT2D eigenvalue weighted by atomic mass is 16.5. The van der Waals surface area contributed by atoms with Crippen LogP contribution in [0.25, 0.3) is 0 Å². The maximum Gasteiger partial charge on any atom is 0.256 e. The molecule has 0 aliphatic heterocycles. The Bertz CT molecular complexity index is 631. The lowest BCUT2D eigenvalue weighted by Gasteiger charge is -2.13. The maximum absolute atomic E-state index is 12.4. The monoisotopic (exact) mass is 270 g/mol. The highest BCUT2D eigenvalue weighted by Crippen LogP contribution is 2.27. The number of anilines is 2. The number of carbonyl (C=O) groups excluding carboxylic acids is 1. The summed E-state index contributed by atoms with van der Waals surface area (Å²) in [6.45, 7) is 3.84. The quantitative estimate of drug-likeness (QED) is 0.842. The first-order valence-electron chi connectivity index (χ1n) is 6.34. The van der Waals surface area contributed by atoms with Crippen LogP contribution in [0.1, 0.15) is 21.5 Å². The summed E-state index contributed by atoms with van der Waals surface area (Å²) < 4.78 is 5.23. The van der Waals surface area contributed by atoms with Crippen LogP contribution >= 0.6 is 0 Å². The molecule has 1 amide bonds. The van der Waals surface area contributed by atoms with Gasteiger partial charge in [-0.2, -0.15) is 0 Å². The van der Waals surface area contributed by atoms with Crippen LogP contribution in [-0.2, 0) is 0 Å². The molecule has 104 valence electrons. The van der Waals surface area contributed by atoms with Gasteiger partial charge < -0.3 is 15.8 Å². The number of aryl methyl sites for hydroxylation is 2. The van der Waals surface area contributed by atoms with E-state index < -0.39 is 0 Å². The van der Waals surface area contributed by atoms with Gasteiger partial charge in [-0.05, 0) is 37.1 Å². The van der Waals surface area contributed by atoms with E-state index in [0.717, 1.165) is 11.1 Å². The van der Waals surface area contributed by atoms with Gasteiger partial charge in [-0.1, -0.05) is 18.2 Å². The number of ether oxygens (including phenoxy) is 1. The Labute approximate surface area is 118 Å². The molecule has 0 unspecified atom stereocenters. The predicted octanol–water partition coefficient (Wildman–Crippen LogP) is 3.15. The zero-order valence-corrected chi connectivity index (χ0v) is 11.9.